The van der Waals surface area contributed by atoms with E-state index in [1.54, 1.807) is 6.92 Å². The Morgan fingerprint density at radius 2 is 2.16 bits per heavy atom. The molecule has 1 fully saturated rings. The molecule has 1 aliphatic carbocycles. The number of carboxylic acid groups (broad SMARTS) is 1. The Hall–Kier alpha value is -1.62. The number of hydrogen-bond acceptors (Lipinski definition) is 2. The number of aliphatic carboxylic acids is 1. The van der Waals surface area contributed by atoms with Crippen LogP contribution in [-0.2, 0) is 9.59 Å². The van der Waals surface area contributed by atoms with E-state index in [4.69, 9.17) is 16.7 Å². The van der Waals surface area contributed by atoms with Crippen molar-refractivity contribution in [3.8, 4) is 0 Å². The van der Waals surface area contributed by atoms with Crippen molar-refractivity contribution in [3.05, 3.63) is 34.6 Å². The standard InChI is InChI=1S/C13H13ClFNO3/c1-6(8-4-7(14)2-3-11(8)15)16-12(17)9-5-10(9)13(18)19/h2-4,6,9-10H,5H2,1H3,(H,16,17)(H,18,19)/t6-,9-,10+/m1/s1. The van der Waals surface area contributed by atoms with E-state index in [-0.39, 0.29) is 11.5 Å². The number of carbonyl (C=O) groups excluding carboxylic acids is 1. The Morgan fingerprint density at radius 1 is 1.47 bits per heavy atom. The average molecular weight is 286 g/mol. The van der Waals surface area contributed by atoms with E-state index in [2.05, 4.69) is 5.32 Å². The summed E-state index contributed by atoms with van der Waals surface area (Å²) >= 11 is 5.78. The summed E-state index contributed by atoms with van der Waals surface area (Å²) < 4.78 is 13.6. The minimum atomic E-state index is -0.971. The molecule has 0 spiro atoms. The quantitative estimate of drug-likeness (QED) is 0.892. The topological polar surface area (TPSA) is 66.4 Å². The Kier molecular flexibility index (Phi) is 3.75. The number of carbonyl (C=O) groups is 2. The zero-order chi connectivity index (χ0) is 14.2. The van der Waals surface area contributed by atoms with E-state index in [0.29, 0.717) is 11.4 Å². The van der Waals surface area contributed by atoms with Crippen LogP contribution in [0.25, 0.3) is 0 Å². The highest BCUT2D eigenvalue weighted by Gasteiger charge is 2.48. The number of rotatable bonds is 4. The molecule has 3 atom stereocenters. The fourth-order valence-electron chi connectivity index (χ4n) is 2.00. The van der Waals surface area contributed by atoms with Gasteiger partial charge >= 0.3 is 5.97 Å². The third-order valence-electron chi connectivity index (χ3n) is 3.23. The lowest BCUT2D eigenvalue weighted by atomic mass is 10.1. The van der Waals surface area contributed by atoms with E-state index in [1.807, 2.05) is 0 Å². The Labute approximate surface area is 114 Å². The molecule has 2 rings (SSSR count). The van der Waals surface area contributed by atoms with Gasteiger partial charge in [0.15, 0.2) is 0 Å². The molecule has 102 valence electrons. The SMILES string of the molecule is C[C@@H](NC(=O)[C@@H]1C[C@@H]1C(=O)O)c1cc(Cl)ccc1F. The fourth-order valence-corrected chi connectivity index (χ4v) is 2.18. The van der Waals surface area contributed by atoms with E-state index in [9.17, 15) is 14.0 Å². The summed E-state index contributed by atoms with van der Waals surface area (Å²) in [6, 6.07) is 3.55. The molecule has 1 aromatic carbocycles. The van der Waals surface area contributed by atoms with Gasteiger partial charge in [-0.2, -0.15) is 0 Å². The van der Waals surface area contributed by atoms with Crippen LogP contribution in [0.2, 0.25) is 5.02 Å². The zero-order valence-corrected chi connectivity index (χ0v) is 10.9. The van der Waals surface area contributed by atoms with Crippen molar-refractivity contribution < 1.29 is 19.1 Å². The van der Waals surface area contributed by atoms with Gasteiger partial charge in [0, 0.05) is 10.6 Å². The third kappa shape index (κ3) is 3.04. The Balaban J connectivity index is 2.01. The molecule has 6 heteroatoms. The molecule has 1 amide bonds. The maximum Gasteiger partial charge on any atom is 0.307 e. The van der Waals surface area contributed by atoms with Gasteiger partial charge in [0.25, 0.3) is 0 Å². The van der Waals surface area contributed by atoms with E-state index >= 15 is 0 Å². The predicted molar refractivity (Wildman–Crippen MR) is 67.2 cm³/mol. The number of amides is 1. The molecule has 0 bridgehead atoms. The van der Waals surface area contributed by atoms with E-state index in [1.165, 1.54) is 18.2 Å². The van der Waals surface area contributed by atoms with Crippen molar-refractivity contribution in [2.45, 2.75) is 19.4 Å². The lowest BCUT2D eigenvalue weighted by Gasteiger charge is -2.15. The molecule has 0 radical (unpaired) electrons. The van der Waals surface area contributed by atoms with Crippen LogP contribution in [0.4, 0.5) is 4.39 Å². The highest BCUT2D eigenvalue weighted by molar-refractivity contribution is 6.30. The first kappa shape index (κ1) is 13.8. The molecule has 2 N–H and O–H groups in total. The summed E-state index contributed by atoms with van der Waals surface area (Å²) in [5.74, 6) is -2.91. The number of benzene rings is 1. The molecule has 1 aliphatic rings. The molecule has 0 saturated heterocycles. The predicted octanol–water partition coefficient (Wildman–Crippen LogP) is 2.38. The smallest absolute Gasteiger partial charge is 0.307 e. The van der Waals surface area contributed by atoms with Crippen LogP contribution in [0.15, 0.2) is 18.2 Å². The maximum atomic E-state index is 13.6. The molecule has 19 heavy (non-hydrogen) atoms. The molecule has 0 aromatic heterocycles. The van der Waals surface area contributed by atoms with Crippen molar-refractivity contribution in [2.75, 3.05) is 0 Å². The average Bonchev–Trinajstić information content (AvgIpc) is 3.12. The summed E-state index contributed by atoms with van der Waals surface area (Å²) in [7, 11) is 0. The lowest BCUT2D eigenvalue weighted by molar-refractivity contribution is -0.140. The molecule has 1 saturated carbocycles. The molecular formula is C13H13ClFNO3. The first-order valence-electron chi connectivity index (χ1n) is 5.88. The second-order valence-corrected chi connectivity index (χ2v) is 5.12. The molecule has 1 aromatic rings. The second-order valence-electron chi connectivity index (χ2n) is 4.68. The van der Waals surface area contributed by atoms with Crippen LogP contribution in [0.3, 0.4) is 0 Å². The van der Waals surface area contributed by atoms with Gasteiger partial charge < -0.3 is 10.4 Å². The minimum absolute atomic E-state index is 0.286. The number of nitrogens with one attached hydrogen (secondary N) is 1. The number of carboxylic acids is 1. The highest BCUT2D eigenvalue weighted by atomic mass is 35.5. The van der Waals surface area contributed by atoms with Crippen LogP contribution in [0.1, 0.15) is 24.9 Å². The minimum Gasteiger partial charge on any atom is -0.481 e. The van der Waals surface area contributed by atoms with Crippen LogP contribution < -0.4 is 5.32 Å². The van der Waals surface area contributed by atoms with Gasteiger partial charge in [-0.05, 0) is 31.5 Å². The molecule has 0 heterocycles. The van der Waals surface area contributed by atoms with Gasteiger partial charge in [-0.15, -0.1) is 0 Å². The van der Waals surface area contributed by atoms with Crippen LogP contribution in [-0.4, -0.2) is 17.0 Å². The van der Waals surface area contributed by atoms with E-state index < -0.39 is 29.7 Å². The first-order valence-corrected chi connectivity index (χ1v) is 6.26. The highest BCUT2D eigenvalue weighted by Crippen LogP contribution is 2.39. The second kappa shape index (κ2) is 5.17. The maximum absolute atomic E-state index is 13.6. The summed E-state index contributed by atoms with van der Waals surface area (Å²) in [6.45, 7) is 1.63. The monoisotopic (exact) mass is 285 g/mol. The number of halogens is 2. The van der Waals surface area contributed by atoms with Crippen LogP contribution in [0, 0.1) is 17.7 Å². The van der Waals surface area contributed by atoms with Crippen molar-refractivity contribution in [1.29, 1.82) is 0 Å². The summed E-state index contributed by atoms with van der Waals surface area (Å²) in [5.41, 5.74) is 0.286. The van der Waals surface area contributed by atoms with Gasteiger partial charge in [-0.25, -0.2) is 4.39 Å². The fraction of sp³-hybridized carbons (Fsp3) is 0.385. The molecule has 0 unspecified atom stereocenters. The van der Waals surface area contributed by atoms with Gasteiger partial charge in [0.1, 0.15) is 5.82 Å². The summed E-state index contributed by atoms with van der Waals surface area (Å²) in [4.78, 5) is 22.4. The van der Waals surface area contributed by atoms with Crippen LogP contribution >= 0.6 is 11.6 Å². The molecule has 4 nitrogen and oxygen atoms in total. The lowest BCUT2D eigenvalue weighted by Crippen LogP contribution is -2.29. The summed E-state index contributed by atoms with van der Waals surface area (Å²) in [6.07, 6.45) is 0.339. The van der Waals surface area contributed by atoms with Crippen molar-refractivity contribution in [3.63, 3.8) is 0 Å². The Morgan fingerprint density at radius 3 is 2.74 bits per heavy atom. The first-order chi connectivity index (χ1) is 8.90. The zero-order valence-electron chi connectivity index (χ0n) is 10.2. The number of hydrogen-bond donors (Lipinski definition) is 2. The van der Waals surface area contributed by atoms with Gasteiger partial charge in [0.2, 0.25) is 5.91 Å². The van der Waals surface area contributed by atoms with Crippen molar-refractivity contribution in [1.82, 2.24) is 5.32 Å². The van der Waals surface area contributed by atoms with Crippen molar-refractivity contribution in [2.24, 2.45) is 11.8 Å². The van der Waals surface area contributed by atoms with Gasteiger partial charge in [-0.3, -0.25) is 9.59 Å². The van der Waals surface area contributed by atoms with Gasteiger partial charge in [0.05, 0.1) is 17.9 Å². The normalized spacial score (nSPS) is 22.7. The molecule has 0 aliphatic heterocycles. The van der Waals surface area contributed by atoms with Crippen molar-refractivity contribution >= 4 is 23.5 Å². The molecular weight excluding hydrogens is 273 g/mol. The largest absolute Gasteiger partial charge is 0.481 e. The van der Waals surface area contributed by atoms with Crippen LogP contribution in [0.5, 0.6) is 0 Å². The van der Waals surface area contributed by atoms with Gasteiger partial charge in [-0.1, -0.05) is 11.6 Å². The third-order valence-corrected chi connectivity index (χ3v) is 3.46. The Bertz CT molecular complexity index is 535. The van der Waals surface area contributed by atoms with E-state index in [0.717, 1.165) is 0 Å². The summed E-state index contributed by atoms with van der Waals surface area (Å²) in [5, 5.41) is 11.7.